The Hall–Kier alpha value is -1.68. The number of aromatic nitrogens is 3. The molecule has 0 bridgehead atoms. The molecule has 4 nitrogen and oxygen atoms in total. The zero-order valence-electron chi connectivity index (χ0n) is 13.1. The molecular formula is C17H24N4. The molecule has 2 heterocycles. The lowest BCUT2D eigenvalue weighted by Gasteiger charge is -2.29. The van der Waals surface area contributed by atoms with Crippen LogP contribution in [0.15, 0.2) is 18.3 Å². The summed E-state index contributed by atoms with van der Waals surface area (Å²) in [6.45, 7) is 4.19. The van der Waals surface area contributed by atoms with E-state index in [0.29, 0.717) is 5.92 Å². The summed E-state index contributed by atoms with van der Waals surface area (Å²) in [6, 6.07) is 4.34. The zero-order chi connectivity index (χ0) is 15.0. The largest absolute Gasteiger partial charge is 0.327 e. The summed E-state index contributed by atoms with van der Waals surface area (Å²) >= 11 is 0. The van der Waals surface area contributed by atoms with Crippen LogP contribution in [0.5, 0.6) is 0 Å². The van der Waals surface area contributed by atoms with Crippen molar-refractivity contribution in [2.75, 3.05) is 0 Å². The first-order chi connectivity index (χ1) is 10.1. The highest BCUT2D eigenvalue weighted by molar-refractivity contribution is 5.30. The van der Waals surface area contributed by atoms with Gasteiger partial charge in [0.1, 0.15) is 0 Å². The highest BCUT2D eigenvalue weighted by Crippen LogP contribution is 2.33. The van der Waals surface area contributed by atoms with Gasteiger partial charge in [-0.05, 0) is 56.7 Å². The molecule has 0 spiro atoms. The third kappa shape index (κ3) is 2.60. The first kappa shape index (κ1) is 14.3. The molecular weight excluding hydrogens is 260 g/mol. The lowest BCUT2D eigenvalue weighted by Crippen LogP contribution is -2.34. The van der Waals surface area contributed by atoms with Gasteiger partial charge in [0, 0.05) is 36.6 Å². The van der Waals surface area contributed by atoms with Gasteiger partial charge < -0.3 is 5.73 Å². The van der Waals surface area contributed by atoms with Gasteiger partial charge in [-0.15, -0.1) is 0 Å². The number of fused-ring (bicyclic) bond motifs is 1. The minimum atomic E-state index is 0.112. The molecule has 4 heteroatoms. The van der Waals surface area contributed by atoms with E-state index < -0.39 is 0 Å². The quantitative estimate of drug-likeness (QED) is 0.941. The molecule has 0 amide bonds. The molecule has 0 aromatic carbocycles. The number of nitrogens with two attached hydrogens (primary N) is 1. The van der Waals surface area contributed by atoms with E-state index in [0.717, 1.165) is 25.0 Å². The number of hydrogen-bond acceptors (Lipinski definition) is 3. The summed E-state index contributed by atoms with van der Waals surface area (Å²) in [6.07, 6.45) is 6.26. The van der Waals surface area contributed by atoms with Gasteiger partial charge in [-0.25, -0.2) is 0 Å². The molecule has 0 aliphatic heterocycles. The first-order valence-electron chi connectivity index (χ1n) is 7.76. The topological polar surface area (TPSA) is 56.7 Å². The monoisotopic (exact) mass is 284 g/mol. The molecule has 2 atom stereocenters. The predicted octanol–water partition coefficient (Wildman–Crippen LogP) is 2.42. The standard InChI is InChI=1S/C17H24N4/c1-11-15(12(2)21(3)20-11)10-16(18)14-8-4-6-13-7-5-9-19-17(13)14/h5,7,9,14,16H,4,6,8,10,18H2,1-3H3. The van der Waals surface area contributed by atoms with Crippen LogP contribution in [0.3, 0.4) is 0 Å². The van der Waals surface area contributed by atoms with E-state index in [1.165, 1.54) is 28.9 Å². The molecule has 3 rings (SSSR count). The van der Waals surface area contributed by atoms with Gasteiger partial charge >= 0.3 is 0 Å². The van der Waals surface area contributed by atoms with Crippen molar-refractivity contribution in [3.63, 3.8) is 0 Å². The SMILES string of the molecule is Cc1nn(C)c(C)c1CC(N)C1CCCc2cccnc21. The van der Waals surface area contributed by atoms with Crippen LogP contribution in [0.4, 0.5) is 0 Å². The van der Waals surface area contributed by atoms with Crippen LogP contribution in [0.2, 0.25) is 0 Å². The summed E-state index contributed by atoms with van der Waals surface area (Å²) in [5, 5.41) is 4.50. The molecule has 0 saturated heterocycles. The first-order valence-corrected chi connectivity index (χ1v) is 7.76. The van der Waals surface area contributed by atoms with Gasteiger partial charge in [-0.1, -0.05) is 6.07 Å². The highest BCUT2D eigenvalue weighted by atomic mass is 15.3. The lowest BCUT2D eigenvalue weighted by atomic mass is 9.80. The van der Waals surface area contributed by atoms with Crippen molar-refractivity contribution < 1.29 is 0 Å². The number of pyridine rings is 1. The highest BCUT2D eigenvalue weighted by Gasteiger charge is 2.28. The van der Waals surface area contributed by atoms with Gasteiger partial charge in [-0.2, -0.15) is 5.10 Å². The van der Waals surface area contributed by atoms with Gasteiger partial charge in [0.25, 0.3) is 0 Å². The maximum absolute atomic E-state index is 6.57. The zero-order valence-corrected chi connectivity index (χ0v) is 13.1. The van der Waals surface area contributed by atoms with Crippen molar-refractivity contribution in [1.82, 2.24) is 14.8 Å². The predicted molar refractivity (Wildman–Crippen MR) is 84.3 cm³/mol. The maximum atomic E-state index is 6.57. The third-order valence-electron chi connectivity index (χ3n) is 4.85. The smallest absolute Gasteiger partial charge is 0.0628 e. The minimum Gasteiger partial charge on any atom is -0.327 e. The summed E-state index contributed by atoms with van der Waals surface area (Å²) in [7, 11) is 1.99. The molecule has 2 unspecified atom stereocenters. The molecule has 0 fully saturated rings. The fourth-order valence-corrected chi connectivity index (χ4v) is 3.55. The molecule has 2 aromatic rings. The van der Waals surface area contributed by atoms with Crippen molar-refractivity contribution in [1.29, 1.82) is 0 Å². The van der Waals surface area contributed by atoms with Crippen LogP contribution in [-0.4, -0.2) is 20.8 Å². The van der Waals surface area contributed by atoms with E-state index in [1.807, 2.05) is 24.0 Å². The molecule has 0 saturated carbocycles. The Kier molecular flexibility index (Phi) is 3.81. The molecule has 21 heavy (non-hydrogen) atoms. The molecule has 1 aliphatic carbocycles. The van der Waals surface area contributed by atoms with Crippen LogP contribution in [0, 0.1) is 13.8 Å². The van der Waals surface area contributed by atoms with Crippen LogP contribution >= 0.6 is 0 Å². The minimum absolute atomic E-state index is 0.112. The Labute approximate surface area is 126 Å². The number of aryl methyl sites for hydroxylation is 3. The molecule has 0 radical (unpaired) electrons. The average Bonchev–Trinajstić information content (AvgIpc) is 2.73. The normalized spacial score (nSPS) is 19.3. The number of nitrogens with zero attached hydrogens (tertiary/aromatic N) is 3. The van der Waals surface area contributed by atoms with E-state index in [-0.39, 0.29) is 6.04 Å². The van der Waals surface area contributed by atoms with Gasteiger partial charge in [0.2, 0.25) is 0 Å². The average molecular weight is 284 g/mol. The van der Waals surface area contributed by atoms with Crippen molar-refractivity contribution in [3.8, 4) is 0 Å². The second-order valence-electron chi connectivity index (χ2n) is 6.19. The van der Waals surface area contributed by atoms with Crippen molar-refractivity contribution >= 4 is 0 Å². The fourth-order valence-electron chi connectivity index (χ4n) is 3.55. The number of rotatable bonds is 3. The van der Waals surface area contributed by atoms with E-state index in [4.69, 9.17) is 5.73 Å². The van der Waals surface area contributed by atoms with E-state index in [9.17, 15) is 0 Å². The third-order valence-corrected chi connectivity index (χ3v) is 4.85. The van der Waals surface area contributed by atoms with Crippen LogP contribution in [0.25, 0.3) is 0 Å². The number of hydrogen-bond donors (Lipinski definition) is 1. The summed E-state index contributed by atoms with van der Waals surface area (Å²) in [5.41, 5.74) is 12.8. The van der Waals surface area contributed by atoms with Gasteiger partial charge in [0.05, 0.1) is 5.69 Å². The second-order valence-corrected chi connectivity index (χ2v) is 6.19. The molecule has 2 aromatic heterocycles. The van der Waals surface area contributed by atoms with E-state index >= 15 is 0 Å². The van der Waals surface area contributed by atoms with Crippen LogP contribution < -0.4 is 5.73 Å². The summed E-state index contributed by atoms with van der Waals surface area (Å²) < 4.78 is 1.95. The Bertz CT molecular complexity index is 644. The Morgan fingerprint density at radius 1 is 1.43 bits per heavy atom. The summed E-state index contributed by atoms with van der Waals surface area (Å²) in [5.74, 6) is 0.369. The fraction of sp³-hybridized carbons (Fsp3) is 0.529. The van der Waals surface area contributed by atoms with Crippen molar-refractivity contribution in [3.05, 3.63) is 46.5 Å². The van der Waals surface area contributed by atoms with Crippen molar-refractivity contribution in [2.45, 2.75) is 51.5 Å². The summed E-state index contributed by atoms with van der Waals surface area (Å²) in [4.78, 5) is 4.61. The Morgan fingerprint density at radius 3 is 2.95 bits per heavy atom. The molecule has 112 valence electrons. The van der Waals surface area contributed by atoms with E-state index in [2.05, 4.69) is 30.0 Å². The Morgan fingerprint density at radius 2 is 2.24 bits per heavy atom. The van der Waals surface area contributed by atoms with Crippen LogP contribution in [-0.2, 0) is 19.9 Å². The second kappa shape index (κ2) is 5.60. The van der Waals surface area contributed by atoms with Gasteiger partial charge in [0.15, 0.2) is 0 Å². The van der Waals surface area contributed by atoms with Crippen molar-refractivity contribution in [2.24, 2.45) is 12.8 Å². The lowest BCUT2D eigenvalue weighted by molar-refractivity contribution is 0.448. The molecule has 1 aliphatic rings. The maximum Gasteiger partial charge on any atom is 0.0628 e. The Balaban J connectivity index is 1.85. The van der Waals surface area contributed by atoms with Crippen LogP contribution in [0.1, 0.15) is 47.0 Å². The van der Waals surface area contributed by atoms with Gasteiger partial charge in [-0.3, -0.25) is 9.67 Å². The molecule has 2 N–H and O–H groups in total. The van der Waals surface area contributed by atoms with E-state index in [1.54, 1.807) is 0 Å².